The fourth-order valence-electron chi connectivity index (χ4n) is 1.60. The Labute approximate surface area is 108 Å². The summed E-state index contributed by atoms with van der Waals surface area (Å²) in [6, 6.07) is 7.64. The first-order valence-corrected chi connectivity index (χ1v) is 6.38. The Hall–Kier alpha value is -1.55. The van der Waals surface area contributed by atoms with Crippen LogP contribution >= 0.6 is 0 Å². The van der Waals surface area contributed by atoms with Crippen LogP contribution in [0.5, 0.6) is 5.75 Å². The molecule has 4 nitrogen and oxygen atoms in total. The maximum absolute atomic E-state index is 11.3. The second-order valence-corrected chi connectivity index (χ2v) is 4.12. The van der Waals surface area contributed by atoms with Crippen molar-refractivity contribution in [3.8, 4) is 5.75 Å². The molecule has 1 aromatic rings. The number of hydrogen-bond donors (Lipinski definition) is 1. The Bertz CT molecular complexity index is 362. The highest BCUT2D eigenvalue weighted by Gasteiger charge is 2.15. The molecule has 0 bridgehead atoms. The van der Waals surface area contributed by atoms with Gasteiger partial charge in [0, 0.05) is 5.56 Å². The molecular formula is C14H22NO3+. The molecule has 100 valence electrons. The highest BCUT2D eigenvalue weighted by atomic mass is 16.5. The molecule has 0 saturated carbocycles. The van der Waals surface area contributed by atoms with Crippen molar-refractivity contribution in [2.24, 2.45) is 0 Å². The highest BCUT2D eigenvalue weighted by molar-refractivity contribution is 5.70. The average molecular weight is 252 g/mol. The van der Waals surface area contributed by atoms with Gasteiger partial charge in [0.25, 0.3) is 0 Å². The van der Waals surface area contributed by atoms with E-state index in [2.05, 4.69) is 12.7 Å². The number of esters is 1. The third kappa shape index (κ3) is 4.75. The van der Waals surface area contributed by atoms with Gasteiger partial charge in [0.05, 0.1) is 13.2 Å². The molecule has 0 aromatic heterocycles. The van der Waals surface area contributed by atoms with Crippen molar-refractivity contribution in [1.82, 2.24) is 0 Å². The van der Waals surface area contributed by atoms with Gasteiger partial charge < -0.3 is 15.2 Å². The third-order valence-electron chi connectivity index (χ3n) is 2.54. The SMILES string of the molecule is CCCOc1ccc([C@@H]([NH3+])CC(=O)OCC)cc1. The average Bonchev–Trinajstić information content (AvgIpc) is 2.37. The summed E-state index contributed by atoms with van der Waals surface area (Å²) in [6.45, 7) is 5.00. The van der Waals surface area contributed by atoms with Crippen LogP contribution in [0.1, 0.15) is 38.3 Å². The Kier molecular flexibility index (Phi) is 6.22. The lowest BCUT2D eigenvalue weighted by Gasteiger charge is -2.09. The van der Waals surface area contributed by atoms with Crippen molar-refractivity contribution in [2.75, 3.05) is 13.2 Å². The molecule has 0 aliphatic rings. The summed E-state index contributed by atoms with van der Waals surface area (Å²) < 4.78 is 10.4. The number of carbonyl (C=O) groups is 1. The topological polar surface area (TPSA) is 63.2 Å². The summed E-state index contributed by atoms with van der Waals surface area (Å²) in [5.74, 6) is 0.646. The van der Waals surface area contributed by atoms with Crippen LogP contribution in [0.4, 0.5) is 0 Å². The second-order valence-electron chi connectivity index (χ2n) is 4.12. The van der Waals surface area contributed by atoms with E-state index in [0.29, 0.717) is 13.0 Å². The van der Waals surface area contributed by atoms with Crippen LogP contribution in [0.15, 0.2) is 24.3 Å². The van der Waals surface area contributed by atoms with Crippen LogP contribution in [-0.4, -0.2) is 19.2 Å². The Morgan fingerprint density at radius 1 is 1.28 bits per heavy atom. The maximum Gasteiger partial charge on any atom is 0.312 e. The molecule has 0 spiro atoms. The quantitative estimate of drug-likeness (QED) is 0.751. The smallest absolute Gasteiger partial charge is 0.312 e. The molecule has 0 aliphatic carbocycles. The minimum absolute atomic E-state index is 0.0794. The molecule has 4 heteroatoms. The fourth-order valence-corrected chi connectivity index (χ4v) is 1.60. The van der Waals surface area contributed by atoms with Crippen molar-refractivity contribution in [1.29, 1.82) is 0 Å². The molecule has 1 aromatic carbocycles. The van der Waals surface area contributed by atoms with E-state index < -0.39 is 0 Å². The van der Waals surface area contributed by atoms with E-state index in [1.54, 1.807) is 6.92 Å². The van der Waals surface area contributed by atoms with Gasteiger partial charge in [-0.2, -0.15) is 0 Å². The first-order valence-electron chi connectivity index (χ1n) is 6.38. The summed E-state index contributed by atoms with van der Waals surface area (Å²) in [7, 11) is 0. The van der Waals surface area contributed by atoms with Crippen molar-refractivity contribution < 1.29 is 20.0 Å². The molecular weight excluding hydrogens is 230 g/mol. The van der Waals surface area contributed by atoms with Crippen molar-refractivity contribution >= 4 is 5.97 Å². The van der Waals surface area contributed by atoms with Gasteiger partial charge in [-0.25, -0.2) is 0 Å². The monoisotopic (exact) mass is 252 g/mol. The Morgan fingerprint density at radius 3 is 2.50 bits per heavy atom. The van der Waals surface area contributed by atoms with E-state index in [4.69, 9.17) is 9.47 Å². The first kappa shape index (κ1) is 14.5. The number of benzene rings is 1. The Balaban J connectivity index is 2.53. The summed E-state index contributed by atoms with van der Waals surface area (Å²) in [5, 5.41) is 0. The number of hydrogen-bond acceptors (Lipinski definition) is 3. The lowest BCUT2D eigenvalue weighted by atomic mass is 10.0. The van der Waals surface area contributed by atoms with Crippen LogP contribution in [0.25, 0.3) is 0 Å². The van der Waals surface area contributed by atoms with Gasteiger partial charge in [-0.1, -0.05) is 6.92 Å². The van der Waals surface area contributed by atoms with Crippen LogP contribution in [0.3, 0.4) is 0 Å². The predicted octanol–water partition coefficient (Wildman–Crippen LogP) is 1.71. The highest BCUT2D eigenvalue weighted by Crippen LogP contribution is 2.18. The zero-order chi connectivity index (χ0) is 13.4. The van der Waals surface area contributed by atoms with Gasteiger partial charge in [-0.15, -0.1) is 0 Å². The van der Waals surface area contributed by atoms with E-state index in [1.807, 2.05) is 24.3 Å². The van der Waals surface area contributed by atoms with Crippen LogP contribution in [0.2, 0.25) is 0 Å². The lowest BCUT2D eigenvalue weighted by Crippen LogP contribution is -2.54. The van der Waals surface area contributed by atoms with Gasteiger partial charge in [0.2, 0.25) is 0 Å². The molecule has 0 radical (unpaired) electrons. The van der Waals surface area contributed by atoms with Gasteiger partial charge in [0.15, 0.2) is 0 Å². The van der Waals surface area contributed by atoms with Gasteiger partial charge in [0.1, 0.15) is 18.2 Å². The molecule has 18 heavy (non-hydrogen) atoms. The predicted molar refractivity (Wildman–Crippen MR) is 69.1 cm³/mol. The Morgan fingerprint density at radius 2 is 1.94 bits per heavy atom. The van der Waals surface area contributed by atoms with Crippen molar-refractivity contribution in [3.63, 3.8) is 0 Å². The van der Waals surface area contributed by atoms with E-state index >= 15 is 0 Å². The van der Waals surface area contributed by atoms with Gasteiger partial charge >= 0.3 is 5.97 Å². The fraction of sp³-hybridized carbons (Fsp3) is 0.500. The van der Waals surface area contributed by atoms with Crippen LogP contribution in [-0.2, 0) is 9.53 Å². The van der Waals surface area contributed by atoms with Crippen molar-refractivity contribution in [3.05, 3.63) is 29.8 Å². The largest absolute Gasteiger partial charge is 0.494 e. The zero-order valence-corrected chi connectivity index (χ0v) is 11.1. The maximum atomic E-state index is 11.3. The minimum Gasteiger partial charge on any atom is -0.494 e. The van der Waals surface area contributed by atoms with Gasteiger partial charge in [-0.05, 0) is 37.6 Å². The molecule has 1 atom stereocenters. The number of quaternary nitrogens is 1. The first-order chi connectivity index (χ1) is 8.67. The molecule has 0 aliphatic heterocycles. The minimum atomic E-state index is -0.205. The lowest BCUT2D eigenvalue weighted by molar-refractivity contribution is -0.425. The summed E-state index contributed by atoms with van der Waals surface area (Å²) in [4.78, 5) is 11.3. The summed E-state index contributed by atoms with van der Waals surface area (Å²) >= 11 is 0. The van der Waals surface area contributed by atoms with E-state index in [9.17, 15) is 4.79 Å². The van der Waals surface area contributed by atoms with E-state index in [0.717, 1.165) is 24.3 Å². The third-order valence-corrected chi connectivity index (χ3v) is 2.54. The van der Waals surface area contributed by atoms with E-state index in [1.165, 1.54) is 0 Å². The molecule has 0 amide bonds. The zero-order valence-electron chi connectivity index (χ0n) is 11.1. The number of rotatable bonds is 7. The molecule has 3 N–H and O–H groups in total. The molecule has 0 fully saturated rings. The number of carbonyl (C=O) groups excluding carboxylic acids is 1. The standard InChI is InChI=1S/C14H21NO3/c1-3-9-18-12-7-5-11(6-8-12)13(15)10-14(16)17-4-2/h5-8,13H,3-4,9-10,15H2,1-2H3/p+1/t13-/m0/s1. The molecule has 0 heterocycles. The summed E-state index contributed by atoms with van der Waals surface area (Å²) in [5.41, 5.74) is 5.00. The number of ether oxygens (including phenoxy) is 2. The van der Waals surface area contributed by atoms with Crippen LogP contribution < -0.4 is 10.5 Å². The van der Waals surface area contributed by atoms with E-state index in [-0.39, 0.29) is 12.0 Å². The van der Waals surface area contributed by atoms with Crippen LogP contribution in [0, 0.1) is 0 Å². The van der Waals surface area contributed by atoms with Crippen molar-refractivity contribution in [2.45, 2.75) is 32.7 Å². The second kappa shape index (κ2) is 7.71. The summed E-state index contributed by atoms with van der Waals surface area (Å²) in [6.07, 6.45) is 1.30. The molecule has 0 saturated heterocycles. The molecule has 1 rings (SSSR count). The van der Waals surface area contributed by atoms with Gasteiger partial charge in [-0.3, -0.25) is 4.79 Å². The molecule has 0 unspecified atom stereocenters. The normalized spacial score (nSPS) is 11.9.